The quantitative estimate of drug-likeness (QED) is 0.700. The van der Waals surface area contributed by atoms with Crippen LogP contribution in [0.4, 0.5) is 0 Å². The Morgan fingerprint density at radius 2 is 1.93 bits per heavy atom. The van der Waals surface area contributed by atoms with Crippen LogP contribution in [-0.4, -0.2) is 60.9 Å². The highest BCUT2D eigenvalue weighted by Gasteiger charge is 2.24. The molecule has 0 bridgehead atoms. The van der Waals surface area contributed by atoms with E-state index in [9.17, 15) is 4.79 Å². The fourth-order valence-corrected chi connectivity index (χ4v) is 4.14. The predicted octanol–water partition coefficient (Wildman–Crippen LogP) is 3.92. The van der Waals surface area contributed by atoms with Crippen LogP contribution in [0, 0.1) is 6.92 Å². The molecule has 30 heavy (non-hydrogen) atoms. The number of rotatable bonds is 5. The number of nitrogens with zero attached hydrogens (tertiary/aromatic N) is 2. The van der Waals surface area contributed by atoms with Gasteiger partial charge in [0, 0.05) is 24.8 Å². The molecule has 0 amide bonds. The lowest BCUT2D eigenvalue weighted by Crippen LogP contribution is -2.35. The molecule has 2 aromatic heterocycles. The fraction of sp³-hybridized carbons (Fsp3) is 0.458. The summed E-state index contributed by atoms with van der Waals surface area (Å²) < 4.78 is 18.7. The Labute approximate surface area is 177 Å². The van der Waals surface area contributed by atoms with E-state index >= 15 is 0 Å². The molecule has 0 unspecified atom stereocenters. The van der Waals surface area contributed by atoms with Gasteiger partial charge < -0.3 is 23.5 Å². The number of esters is 1. The molecule has 0 aromatic carbocycles. The van der Waals surface area contributed by atoms with Crippen molar-refractivity contribution in [1.82, 2.24) is 9.30 Å². The van der Waals surface area contributed by atoms with Crippen LogP contribution in [0.25, 0.3) is 16.8 Å². The molecule has 6 heteroatoms. The molecule has 2 aliphatic rings. The van der Waals surface area contributed by atoms with Gasteiger partial charge in [-0.3, -0.25) is 0 Å². The number of hydrogen-bond acceptors (Lipinski definition) is 5. The van der Waals surface area contributed by atoms with Crippen LogP contribution in [0.3, 0.4) is 0 Å². The van der Waals surface area contributed by atoms with Gasteiger partial charge in [0.25, 0.3) is 0 Å². The first-order valence-corrected chi connectivity index (χ1v) is 10.6. The van der Waals surface area contributed by atoms with Gasteiger partial charge in [0.1, 0.15) is 0 Å². The molecule has 0 N–H and O–H groups in total. The average Bonchev–Trinajstić information content (AvgIpc) is 3.17. The minimum atomic E-state index is -0.297. The second-order valence-electron chi connectivity index (χ2n) is 8.11. The van der Waals surface area contributed by atoms with Crippen molar-refractivity contribution in [2.45, 2.75) is 33.3 Å². The summed E-state index contributed by atoms with van der Waals surface area (Å²) in [5.41, 5.74) is 6.72. The maximum atomic E-state index is 12.9. The first-order valence-electron chi connectivity index (χ1n) is 10.6. The Balaban J connectivity index is 1.85. The predicted molar refractivity (Wildman–Crippen MR) is 118 cm³/mol. The number of ether oxygens (including phenoxy) is 3. The minimum Gasteiger partial charge on any atom is -0.459 e. The average molecular weight is 411 g/mol. The van der Waals surface area contributed by atoms with Crippen molar-refractivity contribution in [2.75, 3.05) is 39.5 Å². The van der Waals surface area contributed by atoms with Gasteiger partial charge in [-0.1, -0.05) is 12.7 Å². The number of pyridine rings is 1. The minimum absolute atomic E-state index is 0.172. The molecule has 1 fully saturated rings. The Bertz CT molecular complexity index is 996. The summed E-state index contributed by atoms with van der Waals surface area (Å²) >= 11 is 0. The highest BCUT2D eigenvalue weighted by atomic mass is 16.5. The van der Waals surface area contributed by atoms with E-state index in [4.69, 9.17) is 14.2 Å². The number of carbonyl (C=O) groups is 1. The molecular formula is C24H30N2O4. The zero-order valence-electron chi connectivity index (χ0n) is 18.1. The number of fused-ring (bicyclic) bond motifs is 1. The van der Waals surface area contributed by atoms with Crippen LogP contribution in [0.1, 0.15) is 47.4 Å². The highest BCUT2D eigenvalue weighted by molar-refractivity contribution is 5.94. The molecule has 0 saturated carbocycles. The van der Waals surface area contributed by atoms with Gasteiger partial charge in [-0.05, 0) is 56.0 Å². The summed E-state index contributed by atoms with van der Waals surface area (Å²) in [5.74, 6) is -0.297. The van der Waals surface area contributed by atoms with Gasteiger partial charge in [0.2, 0.25) is 0 Å². The summed E-state index contributed by atoms with van der Waals surface area (Å²) in [6.07, 6.45) is 5.00. The van der Waals surface area contributed by atoms with E-state index < -0.39 is 0 Å². The lowest BCUT2D eigenvalue weighted by molar-refractivity contribution is 0.0377. The van der Waals surface area contributed by atoms with Gasteiger partial charge in [0.15, 0.2) is 0 Å². The summed E-state index contributed by atoms with van der Waals surface area (Å²) in [4.78, 5) is 15.1. The molecule has 2 aromatic rings. The standard InChI is InChI=1S/C24H30N2O4/c1-16(2)30-24(27)22-14-21-13-20(19-5-9-28-10-6-19)15-26(21)23(17(22)3)18(4)25-7-11-29-12-8-25/h5,13-16H,4,6-12H2,1-3H3. The molecule has 0 spiro atoms. The van der Waals surface area contributed by atoms with Crippen molar-refractivity contribution in [3.63, 3.8) is 0 Å². The van der Waals surface area contributed by atoms with Crippen molar-refractivity contribution in [3.8, 4) is 0 Å². The monoisotopic (exact) mass is 410 g/mol. The smallest absolute Gasteiger partial charge is 0.338 e. The van der Waals surface area contributed by atoms with E-state index in [1.54, 1.807) is 0 Å². The van der Waals surface area contributed by atoms with Gasteiger partial charge >= 0.3 is 5.97 Å². The van der Waals surface area contributed by atoms with Gasteiger partial charge in [-0.15, -0.1) is 0 Å². The molecule has 1 saturated heterocycles. The van der Waals surface area contributed by atoms with Crippen molar-refractivity contribution < 1.29 is 19.0 Å². The third-order valence-electron chi connectivity index (χ3n) is 5.70. The van der Waals surface area contributed by atoms with Crippen LogP contribution in [0.5, 0.6) is 0 Å². The molecular weight excluding hydrogens is 380 g/mol. The zero-order chi connectivity index (χ0) is 21.3. The highest BCUT2D eigenvalue weighted by Crippen LogP contribution is 2.31. The topological polar surface area (TPSA) is 52.4 Å². The third kappa shape index (κ3) is 4.02. The zero-order valence-corrected chi connectivity index (χ0v) is 18.1. The van der Waals surface area contributed by atoms with Crippen molar-refractivity contribution in [3.05, 3.63) is 53.4 Å². The summed E-state index contributed by atoms with van der Waals surface area (Å²) in [6, 6.07) is 4.07. The molecule has 0 radical (unpaired) electrons. The van der Waals surface area contributed by atoms with E-state index in [2.05, 4.69) is 34.2 Å². The first-order chi connectivity index (χ1) is 14.5. The fourth-order valence-electron chi connectivity index (χ4n) is 4.14. The van der Waals surface area contributed by atoms with E-state index in [-0.39, 0.29) is 12.1 Å². The molecule has 6 nitrogen and oxygen atoms in total. The van der Waals surface area contributed by atoms with Crippen LogP contribution < -0.4 is 0 Å². The SMILES string of the molecule is C=C(c1c(C)c(C(=O)OC(C)C)cc2cc(C3=CCOCC3)cn12)N1CCOCC1. The molecule has 160 valence electrons. The van der Waals surface area contributed by atoms with Crippen LogP contribution in [0.15, 0.2) is 31.0 Å². The van der Waals surface area contributed by atoms with E-state index in [1.165, 1.54) is 5.57 Å². The Kier molecular flexibility index (Phi) is 5.97. The molecule has 2 aliphatic heterocycles. The Morgan fingerprint density at radius 1 is 1.17 bits per heavy atom. The third-order valence-corrected chi connectivity index (χ3v) is 5.70. The Hall–Kier alpha value is -2.57. The largest absolute Gasteiger partial charge is 0.459 e. The van der Waals surface area contributed by atoms with Crippen molar-refractivity contribution in [1.29, 1.82) is 0 Å². The maximum Gasteiger partial charge on any atom is 0.338 e. The second kappa shape index (κ2) is 8.66. The first kappa shape index (κ1) is 20.7. The van der Waals surface area contributed by atoms with Crippen LogP contribution >= 0.6 is 0 Å². The summed E-state index contributed by atoms with van der Waals surface area (Å²) in [6.45, 7) is 14.4. The molecule has 0 aliphatic carbocycles. The number of morpholine rings is 1. The second-order valence-corrected chi connectivity index (χ2v) is 8.11. The van der Waals surface area contributed by atoms with Gasteiger partial charge in [0.05, 0.1) is 49.5 Å². The van der Waals surface area contributed by atoms with Crippen molar-refractivity contribution >= 4 is 22.8 Å². The van der Waals surface area contributed by atoms with E-state index in [0.717, 1.165) is 54.2 Å². The van der Waals surface area contributed by atoms with Crippen LogP contribution in [-0.2, 0) is 14.2 Å². The number of hydrogen-bond donors (Lipinski definition) is 0. The Morgan fingerprint density at radius 3 is 2.60 bits per heavy atom. The molecule has 4 rings (SSSR count). The van der Waals surface area contributed by atoms with E-state index in [1.807, 2.05) is 26.8 Å². The molecule has 4 heterocycles. The van der Waals surface area contributed by atoms with E-state index in [0.29, 0.717) is 25.4 Å². The van der Waals surface area contributed by atoms with Gasteiger partial charge in [-0.2, -0.15) is 0 Å². The summed E-state index contributed by atoms with van der Waals surface area (Å²) in [5, 5.41) is 0. The lowest BCUT2D eigenvalue weighted by atomic mass is 10.0. The van der Waals surface area contributed by atoms with Crippen LogP contribution in [0.2, 0.25) is 0 Å². The summed E-state index contributed by atoms with van der Waals surface area (Å²) in [7, 11) is 0. The lowest BCUT2D eigenvalue weighted by Gasteiger charge is -2.31. The van der Waals surface area contributed by atoms with Gasteiger partial charge in [-0.25, -0.2) is 4.79 Å². The number of carbonyl (C=O) groups excluding carboxylic acids is 1. The number of aromatic nitrogens is 1. The molecule has 0 atom stereocenters. The maximum absolute atomic E-state index is 12.9. The van der Waals surface area contributed by atoms with Crippen molar-refractivity contribution in [2.24, 2.45) is 0 Å². The normalized spacial score (nSPS) is 17.3.